The second-order valence-electron chi connectivity index (χ2n) is 7.40. The average molecular weight is 317 g/mol. The summed E-state index contributed by atoms with van der Waals surface area (Å²) in [5, 5.41) is 19.2. The third-order valence-corrected chi connectivity index (χ3v) is 5.68. The zero-order chi connectivity index (χ0) is 17.0. The Labute approximate surface area is 137 Å². The molecule has 2 aliphatic rings. The minimum Gasteiger partial charge on any atom is -0.508 e. The van der Waals surface area contributed by atoms with E-state index in [0.717, 1.165) is 23.0 Å². The molecule has 1 aromatic rings. The average Bonchev–Trinajstić information content (AvgIpc) is 2.91. The number of rotatable bonds is 3. The van der Waals surface area contributed by atoms with Crippen molar-refractivity contribution in [3.05, 3.63) is 35.4 Å². The van der Waals surface area contributed by atoms with Gasteiger partial charge >= 0.3 is 5.97 Å². The molecule has 2 heterocycles. The van der Waals surface area contributed by atoms with E-state index in [1.54, 1.807) is 13.0 Å². The number of carboxylic acids is 1. The molecule has 0 saturated carbocycles. The van der Waals surface area contributed by atoms with Crippen LogP contribution in [0.15, 0.2) is 29.8 Å². The summed E-state index contributed by atoms with van der Waals surface area (Å²) in [6.07, 6.45) is 3.74. The van der Waals surface area contributed by atoms with Crippen LogP contribution in [-0.4, -0.2) is 54.9 Å². The molecule has 3 rings (SSSR count). The summed E-state index contributed by atoms with van der Waals surface area (Å²) in [5.74, 6) is -0.593. The second kappa shape index (κ2) is 5.08. The van der Waals surface area contributed by atoms with E-state index >= 15 is 0 Å². The lowest BCUT2D eigenvalue weighted by Gasteiger charge is -2.38. The Morgan fingerprint density at radius 3 is 2.83 bits per heavy atom. The van der Waals surface area contributed by atoms with Crippen molar-refractivity contribution >= 4 is 11.7 Å². The standard InChI is InChI=1S/C18H24N2O3/c1-12(16(22)23)7-8-18-9-10-19(2)17(18)20(3,4)15-6-5-13(21)11-14(15)18/h5-7,11,17H,8-10H2,1-4H3,(H-,21,22,23)/p+1/b12-7+/t17-,18+/m1/s1. The Balaban J connectivity index is 2.15. The topological polar surface area (TPSA) is 60.8 Å². The lowest BCUT2D eigenvalue weighted by molar-refractivity contribution is -0.132. The van der Waals surface area contributed by atoms with Crippen molar-refractivity contribution in [1.29, 1.82) is 0 Å². The molecule has 0 spiro atoms. The molecule has 2 atom stereocenters. The fraction of sp³-hybridized carbons (Fsp3) is 0.500. The Hall–Kier alpha value is -1.85. The number of nitrogens with zero attached hydrogens (tertiary/aromatic N) is 2. The molecule has 2 N–H and O–H groups in total. The van der Waals surface area contributed by atoms with E-state index in [2.05, 4.69) is 26.0 Å². The van der Waals surface area contributed by atoms with Crippen LogP contribution >= 0.6 is 0 Å². The number of phenols is 1. The molecule has 1 saturated heterocycles. The van der Waals surface area contributed by atoms with Crippen molar-refractivity contribution in [3.8, 4) is 5.75 Å². The maximum absolute atomic E-state index is 11.2. The number of aromatic hydroxyl groups is 1. The minimum atomic E-state index is -0.868. The number of likely N-dealkylation sites (tertiary alicyclic amines) is 1. The quantitative estimate of drug-likeness (QED) is 0.663. The summed E-state index contributed by atoms with van der Waals surface area (Å²) < 4.78 is 0.728. The summed E-state index contributed by atoms with van der Waals surface area (Å²) in [7, 11) is 6.52. The SMILES string of the molecule is C/C(=C\C[C@@]12CCN(C)[C@@H]1[N+](C)(C)c1ccc(O)cc12)C(=O)O. The highest BCUT2D eigenvalue weighted by Crippen LogP contribution is 2.56. The predicted octanol–water partition coefficient (Wildman–Crippen LogP) is 2.29. The first kappa shape index (κ1) is 16.0. The van der Waals surface area contributed by atoms with Gasteiger partial charge in [0.25, 0.3) is 0 Å². The third kappa shape index (κ3) is 2.18. The molecule has 5 nitrogen and oxygen atoms in total. The van der Waals surface area contributed by atoms with Crippen LogP contribution in [0.4, 0.5) is 5.69 Å². The fourth-order valence-corrected chi connectivity index (χ4v) is 4.73. The molecule has 5 heteroatoms. The third-order valence-electron chi connectivity index (χ3n) is 5.68. The van der Waals surface area contributed by atoms with Crippen LogP contribution in [0.2, 0.25) is 0 Å². The number of phenolic OH excluding ortho intramolecular Hbond substituents is 1. The summed E-state index contributed by atoms with van der Waals surface area (Å²) in [5.41, 5.74) is 2.60. The van der Waals surface area contributed by atoms with Gasteiger partial charge in [-0.1, -0.05) is 6.08 Å². The number of allylic oxidation sites excluding steroid dienone is 1. The Kier molecular flexibility index (Phi) is 3.54. The zero-order valence-corrected chi connectivity index (χ0v) is 14.2. The van der Waals surface area contributed by atoms with Crippen molar-refractivity contribution < 1.29 is 15.0 Å². The molecule has 0 amide bonds. The molecular formula is C18H25N2O3+. The maximum Gasteiger partial charge on any atom is 0.330 e. The van der Waals surface area contributed by atoms with Crippen molar-refractivity contribution in [1.82, 2.24) is 9.38 Å². The van der Waals surface area contributed by atoms with Crippen molar-refractivity contribution in [3.63, 3.8) is 0 Å². The number of benzene rings is 1. The van der Waals surface area contributed by atoms with E-state index in [0.29, 0.717) is 12.0 Å². The highest BCUT2D eigenvalue weighted by atomic mass is 16.4. The van der Waals surface area contributed by atoms with Gasteiger partial charge in [-0.15, -0.1) is 0 Å². The largest absolute Gasteiger partial charge is 0.508 e. The first-order valence-electron chi connectivity index (χ1n) is 7.98. The van der Waals surface area contributed by atoms with Gasteiger partial charge in [-0.3, -0.25) is 9.38 Å². The van der Waals surface area contributed by atoms with Crippen LogP contribution in [0, 0.1) is 0 Å². The summed E-state index contributed by atoms with van der Waals surface area (Å²) in [4.78, 5) is 13.5. The minimum absolute atomic E-state index is 0.150. The Morgan fingerprint density at radius 1 is 1.48 bits per heavy atom. The van der Waals surface area contributed by atoms with Gasteiger partial charge in [-0.25, -0.2) is 4.79 Å². The molecule has 0 aromatic heterocycles. The van der Waals surface area contributed by atoms with Gasteiger partial charge in [0.2, 0.25) is 0 Å². The summed E-state index contributed by atoms with van der Waals surface area (Å²) in [6.45, 7) is 2.62. The van der Waals surface area contributed by atoms with Gasteiger partial charge in [0, 0.05) is 23.7 Å². The van der Waals surface area contributed by atoms with E-state index in [1.165, 1.54) is 5.69 Å². The predicted molar refractivity (Wildman–Crippen MR) is 90.5 cm³/mol. The lowest BCUT2D eigenvalue weighted by Crippen LogP contribution is -2.57. The smallest absolute Gasteiger partial charge is 0.330 e. The van der Waals surface area contributed by atoms with Crippen molar-refractivity contribution in [2.24, 2.45) is 0 Å². The Bertz CT molecular complexity index is 696. The van der Waals surface area contributed by atoms with E-state index < -0.39 is 5.97 Å². The molecule has 1 fully saturated rings. The number of hydrogen-bond donors (Lipinski definition) is 2. The zero-order valence-electron chi connectivity index (χ0n) is 14.2. The highest BCUT2D eigenvalue weighted by molar-refractivity contribution is 5.85. The number of carboxylic acid groups (broad SMARTS) is 1. The van der Waals surface area contributed by atoms with Gasteiger partial charge in [0.05, 0.1) is 19.5 Å². The van der Waals surface area contributed by atoms with Crippen LogP contribution in [0.5, 0.6) is 5.75 Å². The summed E-state index contributed by atoms with van der Waals surface area (Å²) >= 11 is 0. The van der Waals surface area contributed by atoms with Crippen LogP contribution in [-0.2, 0) is 10.2 Å². The molecule has 23 heavy (non-hydrogen) atoms. The van der Waals surface area contributed by atoms with Gasteiger partial charge in [-0.05, 0) is 38.9 Å². The van der Waals surface area contributed by atoms with Gasteiger partial charge < -0.3 is 10.2 Å². The molecule has 0 aliphatic carbocycles. The first-order valence-corrected chi connectivity index (χ1v) is 7.98. The van der Waals surface area contributed by atoms with Crippen LogP contribution in [0.25, 0.3) is 0 Å². The van der Waals surface area contributed by atoms with Crippen LogP contribution < -0.4 is 4.48 Å². The molecule has 0 radical (unpaired) electrons. The highest BCUT2D eigenvalue weighted by Gasteiger charge is 2.62. The molecular weight excluding hydrogens is 292 g/mol. The number of fused-ring (bicyclic) bond motifs is 3. The second-order valence-corrected chi connectivity index (χ2v) is 7.40. The van der Waals surface area contributed by atoms with Gasteiger partial charge in [-0.2, -0.15) is 0 Å². The first-order chi connectivity index (χ1) is 10.7. The fourth-order valence-electron chi connectivity index (χ4n) is 4.73. The number of hydrogen-bond acceptors (Lipinski definition) is 3. The van der Waals surface area contributed by atoms with E-state index in [-0.39, 0.29) is 17.3 Å². The van der Waals surface area contributed by atoms with Crippen molar-refractivity contribution in [2.75, 3.05) is 27.7 Å². The molecule has 0 unspecified atom stereocenters. The molecule has 0 bridgehead atoms. The van der Waals surface area contributed by atoms with E-state index in [1.807, 2.05) is 18.2 Å². The van der Waals surface area contributed by atoms with E-state index in [9.17, 15) is 9.90 Å². The molecule has 1 aromatic carbocycles. The number of carbonyl (C=O) groups is 1. The normalized spacial score (nSPS) is 29.4. The lowest BCUT2D eigenvalue weighted by atomic mass is 9.76. The van der Waals surface area contributed by atoms with Crippen LogP contribution in [0.1, 0.15) is 25.3 Å². The number of quaternary nitrogens is 1. The molecule has 124 valence electrons. The van der Waals surface area contributed by atoms with Crippen molar-refractivity contribution in [2.45, 2.75) is 31.3 Å². The Morgan fingerprint density at radius 2 is 2.17 bits per heavy atom. The monoisotopic (exact) mass is 317 g/mol. The summed E-state index contributed by atoms with van der Waals surface area (Å²) in [6, 6.07) is 5.62. The molecule has 2 aliphatic heterocycles. The van der Waals surface area contributed by atoms with Gasteiger partial charge in [0.15, 0.2) is 6.17 Å². The van der Waals surface area contributed by atoms with E-state index in [4.69, 9.17) is 5.11 Å². The number of likely N-dealkylation sites (N-methyl/N-ethyl adjacent to an activating group) is 2. The number of aliphatic carboxylic acids is 1. The van der Waals surface area contributed by atoms with Crippen LogP contribution in [0.3, 0.4) is 0 Å². The maximum atomic E-state index is 11.2. The van der Waals surface area contributed by atoms with Gasteiger partial charge in [0.1, 0.15) is 11.4 Å².